The molecule has 0 fully saturated rings. The lowest BCUT2D eigenvalue weighted by Crippen LogP contribution is -1.95. The van der Waals surface area contributed by atoms with E-state index in [1.165, 1.54) is 6.07 Å². The van der Waals surface area contributed by atoms with Gasteiger partial charge in [0.15, 0.2) is 24.1 Å². The van der Waals surface area contributed by atoms with Crippen LogP contribution in [0, 0.1) is 5.82 Å². The molecule has 0 aliphatic carbocycles. The number of rotatable bonds is 2. The smallest absolute Gasteiger partial charge is 0.176 e. The summed E-state index contributed by atoms with van der Waals surface area (Å²) < 4.78 is 12.8. The maximum atomic E-state index is 12.8. The summed E-state index contributed by atoms with van der Waals surface area (Å²) in [6.07, 6.45) is 0.547. The molecule has 0 aliphatic rings. The third-order valence-electron chi connectivity index (χ3n) is 1.44. The zero-order chi connectivity index (χ0) is 9.14. The van der Waals surface area contributed by atoms with Crippen molar-refractivity contribution in [3.05, 3.63) is 29.1 Å². The van der Waals surface area contributed by atoms with Gasteiger partial charge in [-0.1, -0.05) is 0 Å². The molecule has 0 heterocycles. The summed E-state index contributed by atoms with van der Waals surface area (Å²) >= 11 is 0. The Morgan fingerprint density at radius 1 is 1.25 bits per heavy atom. The van der Waals surface area contributed by atoms with Gasteiger partial charge in [0.2, 0.25) is 0 Å². The van der Waals surface area contributed by atoms with E-state index >= 15 is 0 Å². The van der Waals surface area contributed by atoms with Gasteiger partial charge in [-0.05, 0) is 12.1 Å². The van der Waals surface area contributed by atoms with Gasteiger partial charge in [0.1, 0.15) is 0 Å². The highest BCUT2D eigenvalue weighted by molar-refractivity contribution is 5.91. The molecule has 0 bridgehead atoms. The highest BCUT2D eigenvalue weighted by Gasteiger charge is 2.10. The Kier molecular flexibility index (Phi) is 2.19. The molecule has 0 saturated carbocycles. The summed E-state index contributed by atoms with van der Waals surface area (Å²) in [7, 11) is 0. The zero-order valence-corrected chi connectivity index (χ0v) is 5.95. The largest absolute Gasteiger partial charge is 0.505 e. The van der Waals surface area contributed by atoms with Gasteiger partial charge in [-0.2, -0.15) is 0 Å². The van der Waals surface area contributed by atoms with Crippen molar-refractivity contribution in [2.24, 2.45) is 0 Å². The Morgan fingerprint density at radius 3 is 2.42 bits per heavy atom. The molecule has 0 atom stereocenters. The average Bonchev–Trinajstić information content (AvgIpc) is 2.09. The average molecular weight is 168 g/mol. The first-order valence-corrected chi connectivity index (χ1v) is 3.12. The third kappa shape index (κ3) is 1.18. The third-order valence-corrected chi connectivity index (χ3v) is 1.44. The lowest BCUT2D eigenvalue weighted by atomic mass is 10.1. The number of carbonyl (C=O) groups is 2. The molecular weight excluding hydrogens is 163 g/mol. The predicted molar refractivity (Wildman–Crippen MR) is 38.8 cm³/mol. The Hall–Kier alpha value is -1.71. The van der Waals surface area contributed by atoms with Crippen molar-refractivity contribution in [1.82, 2.24) is 0 Å². The van der Waals surface area contributed by atoms with E-state index in [1.54, 1.807) is 0 Å². The van der Waals surface area contributed by atoms with Crippen LogP contribution in [-0.4, -0.2) is 17.7 Å². The van der Waals surface area contributed by atoms with E-state index in [0.29, 0.717) is 6.29 Å². The zero-order valence-electron chi connectivity index (χ0n) is 5.95. The summed E-state index contributed by atoms with van der Waals surface area (Å²) in [5.74, 6) is -1.70. The Morgan fingerprint density at radius 2 is 1.92 bits per heavy atom. The number of benzene rings is 1. The number of carbonyl (C=O) groups excluding carboxylic acids is 2. The number of hydrogen-bond donors (Lipinski definition) is 1. The van der Waals surface area contributed by atoms with Crippen LogP contribution < -0.4 is 0 Å². The fourth-order valence-corrected chi connectivity index (χ4v) is 0.819. The number of phenolic OH excluding ortho intramolecular Hbond substituents is 1. The highest BCUT2D eigenvalue weighted by Crippen LogP contribution is 2.19. The van der Waals surface area contributed by atoms with Gasteiger partial charge >= 0.3 is 0 Å². The number of aromatic hydroxyl groups is 1. The van der Waals surface area contributed by atoms with Gasteiger partial charge in [-0.3, -0.25) is 9.59 Å². The van der Waals surface area contributed by atoms with E-state index < -0.39 is 17.1 Å². The molecule has 0 aromatic heterocycles. The van der Waals surface area contributed by atoms with Gasteiger partial charge in [0.25, 0.3) is 0 Å². The van der Waals surface area contributed by atoms with Crippen molar-refractivity contribution in [3.63, 3.8) is 0 Å². The maximum Gasteiger partial charge on any atom is 0.176 e. The topological polar surface area (TPSA) is 54.4 Å². The van der Waals surface area contributed by atoms with Gasteiger partial charge < -0.3 is 5.11 Å². The molecule has 1 N–H and O–H groups in total. The van der Waals surface area contributed by atoms with Gasteiger partial charge in [-0.25, -0.2) is 4.39 Å². The molecule has 1 rings (SSSR count). The molecule has 0 spiro atoms. The Bertz CT molecular complexity index is 333. The van der Waals surface area contributed by atoms with E-state index in [2.05, 4.69) is 0 Å². The minimum atomic E-state index is -1.06. The summed E-state index contributed by atoms with van der Waals surface area (Å²) in [5, 5.41) is 8.80. The molecule has 0 radical (unpaired) electrons. The van der Waals surface area contributed by atoms with Crippen LogP contribution in [0.1, 0.15) is 20.7 Å². The summed E-state index contributed by atoms with van der Waals surface area (Å²) in [4.78, 5) is 20.5. The van der Waals surface area contributed by atoms with E-state index in [9.17, 15) is 14.0 Å². The second kappa shape index (κ2) is 3.13. The monoisotopic (exact) mass is 168 g/mol. The van der Waals surface area contributed by atoms with Crippen LogP contribution in [0.3, 0.4) is 0 Å². The molecule has 4 heteroatoms. The van der Waals surface area contributed by atoms with E-state index in [1.807, 2.05) is 0 Å². The van der Waals surface area contributed by atoms with E-state index in [4.69, 9.17) is 5.11 Å². The predicted octanol–water partition coefficient (Wildman–Crippen LogP) is 1.16. The fourth-order valence-electron chi connectivity index (χ4n) is 0.819. The molecule has 0 aliphatic heterocycles. The van der Waals surface area contributed by atoms with Gasteiger partial charge in [0, 0.05) is 5.56 Å². The lowest BCUT2D eigenvalue weighted by Gasteiger charge is -1.99. The first kappa shape index (κ1) is 8.39. The Labute approximate surface area is 67.4 Å². The van der Waals surface area contributed by atoms with Crippen molar-refractivity contribution in [2.45, 2.75) is 0 Å². The lowest BCUT2D eigenvalue weighted by molar-refractivity contribution is 0.109. The SMILES string of the molecule is O=Cc1ccc(O)c(F)c1C=O. The first-order valence-electron chi connectivity index (χ1n) is 3.12. The molecular formula is C8H5FO3. The van der Waals surface area contributed by atoms with Crippen molar-refractivity contribution in [2.75, 3.05) is 0 Å². The summed E-state index contributed by atoms with van der Waals surface area (Å²) in [6.45, 7) is 0. The molecule has 12 heavy (non-hydrogen) atoms. The van der Waals surface area contributed by atoms with Crippen molar-refractivity contribution in [3.8, 4) is 5.75 Å². The van der Waals surface area contributed by atoms with Crippen LogP contribution in [0.5, 0.6) is 5.75 Å². The van der Waals surface area contributed by atoms with Crippen molar-refractivity contribution < 1.29 is 19.1 Å². The molecule has 0 amide bonds. The minimum Gasteiger partial charge on any atom is -0.505 e. The number of hydrogen-bond acceptors (Lipinski definition) is 3. The second-order valence-corrected chi connectivity index (χ2v) is 2.14. The fraction of sp³-hybridized carbons (Fsp3) is 0. The van der Waals surface area contributed by atoms with E-state index in [0.717, 1.165) is 6.07 Å². The van der Waals surface area contributed by atoms with Crippen LogP contribution in [0.4, 0.5) is 4.39 Å². The van der Waals surface area contributed by atoms with Crippen LogP contribution in [0.25, 0.3) is 0 Å². The molecule has 62 valence electrons. The second-order valence-electron chi connectivity index (χ2n) is 2.14. The number of aldehydes is 2. The summed E-state index contributed by atoms with van der Waals surface area (Å²) in [5.41, 5.74) is -0.481. The normalized spacial score (nSPS) is 9.42. The first-order chi connectivity index (χ1) is 5.70. The van der Waals surface area contributed by atoms with Gasteiger partial charge in [0.05, 0.1) is 5.56 Å². The molecule has 3 nitrogen and oxygen atoms in total. The number of halogens is 1. The minimum absolute atomic E-state index is 0.0692. The molecule has 1 aromatic rings. The van der Waals surface area contributed by atoms with E-state index in [-0.39, 0.29) is 11.8 Å². The molecule has 0 unspecified atom stereocenters. The van der Waals surface area contributed by atoms with Crippen LogP contribution >= 0.6 is 0 Å². The van der Waals surface area contributed by atoms with Crippen molar-refractivity contribution in [1.29, 1.82) is 0 Å². The van der Waals surface area contributed by atoms with Crippen LogP contribution in [-0.2, 0) is 0 Å². The maximum absolute atomic E-state index is 12.8. The molecule has 1 aromatic carbocycles. The summed E-state index contributed by atoms with van der Waals surface area (Å²) in [6, 6.07) is 2.20. The standard InChI is InChI=1S/C8H5FO3/c9-8-6(4-11)5(3-10)1-2-7(8)12/h1-4,12H. The van der Waals surface area contributed by atoms with Crippen LogP contribution in [0.2, 0.25) is 0 Å². The quantitative estimate of drug-likeness (QED) is 0.674. The Balaban J connectivity index is 3.45. The molecule has 0 saturated heterocycles. The van der Waals surface area contributed by atoms with Gasteiger partial charge in [-0.15, -0.1) is 0 Å². The highest BCUT2D eigenvalue weighted by atomic mass is 19.1. The number of phenols is 1. The van der Waals surface area contributed by atoms with Crippen LogP contribution in [0.15, 0.2) is 12.1 Å². The van der Waals surface area contributed by atoms with Crippen molar-refractivity contribution >= 4 is 12.6 Å².